The number of anilines is 3. The molecule has 0 aromatic heterocycles. The van der Waals surface area contributed by atoms with E-state index >= 15 is 0 Å². The number of rotatable bonds is 3. The predicted molar refractivity (Wildman–Crippen MR) is 84.1 cm³/mol. The molecule has 0 spiro atoms. The lowest BCUT2D eigenvalue weighted by Crippen LogP contribution is -2.35. The van der Waals surface area contributed by atoms with Crippen LogP contribution in [-0.2, 0) is 0 Å². The van der Waals surface area contributed by atoms with Crippen LogP contribution in [0.5, 0.6) is 0 Å². The fourth-order valence-corrected chi connectivity index (χ4v) is 1.98. The van der Waals surface area contributed by atoms with Crippen molar-refractivity contribution >= 4 is 23.1 Å². The molecule has 0 radical (unpaired) electrons. The molecule has 4 heteroatoms. The van der Waals surface area contributed by atoms with Gasteiger partial charge in [0.25, 0.3) is 0 Å². The third-order valence-electron chi connectivity index (χ3n) is 3.09. The van der Waals surface area contributed by atoms with Crippen LogP contribution in [0.2, 0.25) is 0 Å². The Morgan fingerprint density at radius 1 is 1.15 bits per heavy atom. The third-order valence-corrected chi connectivity index (χ3v) is 3.09. The molecule has 0 saturated heterocycles. The first-order valence-corrected chi connectivity index (χ1v) is 6.61. The Morgan fingerprint density at radius 3 is 2.40 bits per heavy atom. The van der Waals surface area contributed by atoms with Gasteiger partial charge in [-0.1, -0.05) is 29.8 Å². The molecule has 2 amide bonds. The lowest BCUT2D eigenvalue weighted by Gasteiger charge is -2.23. The summed E-state index contributed by atoms with van der Waals surface area (Å²) in [5.41, 5.74) is 9.17. The number of aryl methyl sites for hydroxylation is 1. The molecule has 0 aliphatic rings. The van der Waals surface area contributed by atoms with E-state index in [2.05, 4.69) is 5.32 Å². The Balaban J connectivity index is 2.18. The maximum absolute atomic E-state index is 12.3. The summed E-state index contributed by atoms with van der Waals surface area (Å²) < 4.78 is 0. The van der Waals surface area contributed by atoms with Gasteiger partial charge in [0.15, 0.2) is 0 Å². The summed E-state index contributed by atoms with van der Waals surface area (Å²) in [6.07, 6.45) is 0. The van der Waals surface area contributed by atoms with Gasteiger partial charge in [0.1, 0.15) is 0 Å². The number of para-hydroxylation sites is 2. The number of carbonyl (C=O) groups excluding carboxylic acids is 1. The Kier molecular flexibility index (Phi) is 4.25. The molecule has 0 unspecified atom stereocenters. The van der Waals surface area contributed by atoms with Crippen LogP contribution in [0.25, 0.3) is 0 Å². The van der Waals surface area contributed by atoms with Gasteiger partial charge in [-0.3, -0.25) is 4.90 Å². The number of benzene rings is 2. The highest BCUT2D eigenvalue weighted by atomic mass is 16.2. The zero-order valence-electron chi connectivity index (χ0n) is 11.8. The molecule has 3 N–H and O–H groups in total. The van der Waals surface area contributed by atoms with Crippen LogP contribution in [0.15, 0.2) is 48.5 Å². The fourth-order valence-electron chi connectivity index (χ4n) is 1.98. The molecule has 0 heterocycles. The van der Waals surface area contributed by atoms with Crippen LogP contribution in [0.3, 0.4) is 0 Å². The molecule has 2 rings (SSSR count). The number of nitrogen functional groups attached to an aromatic ring is 1. The van der Waals surface area contributed by atoms with Gasteiger partial charge < -0.3 is 11.1 Å². The second-order valence-corrected chi connectivity index (χ2v) is 4.60. The predicted octanol–water partition coefficient (Wildman–Crippen LogP) is 3.64. The highest BCUT2D eigenvalue weighted by Crippen LogP contribution is 2.23. The molecular formula is C16H19N3O. The second kappa shape index (κ2) is 6.10. The average Bonchev–Trinajstić information content (AvgIpc) is 2.44. The summed E-state index contributed by atoms with van der Waals surface area (Å²) in [5, 5.41) is 2.88. The minimum absolute atomic E-state index is 0.186. The van der Waals surface area contributed by atoms with Gasteiger partial charge in [0.2, 0.25) is 0 Å². The number of carbonyl (C=O) groups is 1. The Morgan fingerprint density at radius 2 is 1.80 bits per heavy atom. The Hall–Kier alpha value is -2.49. The van der Waals surface area contributed by atoms with E-state index in [1.54, 1.807) is 11.0 Å². The molecule has 4 nitrogen and oxygen atoms in total. The number of nitrogens with two attached hydrogens (primary N) is 1. The van der Waals surface area contributed by atoms with E-state index in [0.717, 1.165) is 16.9 Å². The number of amides is 2. The molecule has 2 aromatic carbocycles. The molecule has 0 aliphatic carbocycles. The first-order valence-electron chi connectivity index (χ1n) is 6.61. The van der Waals surface area contributed by atoms with Crippen molar-refractivity contribution in [1.29, 1.82) is 0 Å². The average molecular weight is 269 g/mol. The van der Waals surface area contributed by atoms with Crippen LogP contribution >= 0.6 is 0 Å². The molecule has 0 atom stereocenters. The van der Waals surface area contributed by atoms with Crippen LogP contribution in [0.1, 0.15) is 12.5 Å². The summed E-state index contributed by atoms with van der Waals surface area (Å²) in [5.74, 6) is 0. The molecule has 0 saturated carbocycles. The first kappa shape index (κ1) is 13.9. The first-order chi connectivity index (χ1) is 9.61. The maximum Gasteiger partial charge on any atom is 0.326 e. The molecule has 2 aromatic rings. The van der Waals surface area contributed by atoms with Crippen molar-refractivity contribution < 1.29 is 4.79 Å². The van der Waals surface area contributed by atoms with E-state index in [0.29, 0.717) is 12.2 Å². The van der Waals surface area contributed by atoms with Crippen LogP contribution in [0.4, 0.5) is 21.9 Å². The number of hydrogen-bond acceptors (Lipinski definition) is 2. The number of nitrogens with one attached hydrogen (secondary N) is 1. The van der Waals surface area contributed by atoms with Gasteiger partial charge in [-0.2, -0.15) is 0 Å². The van der Waals surface area contributed by atoms with Crippen molar-refractivity contribution in [2.45, 2.75) is 13.8 Å². The van der Waals surface area contributed by atoms with E-state index in [9.17, 15) is 4.79 Å². The quantitative estimate of drug-likeness (QED) is 0.836. The lowest BCUT2D eigenvalue weighted by molar-refractivity contribution is 0.257. The molecule has 20 heavy (non-hydrogen) atoms. The standard InChI is InChI=1S/C16H19N3O/c1-3-19(15-7-5-4-6-14(15)17)16(20)18-13-10-8-12(2)9-11-13/h4-11H,3,17H2,1-2H3,(H,18,20). The minimum atomic E-state index is -0.186. The van der Waals surface area contributed by atoms with E-state index in [1.165, 1.54) is 0 Å². The molecular weight excluding hydrogens is 250 g/mol. The van der Waals surface area contributed by atoms with Crippen molar-refractivity contribution in [3.8, 4) is 0 Å². The molecule has 0 bridgehead atoms. The largest absolute Gasteiger partial charge is 0.397 e. The van der Waals surface area contributed by atoms with Gasteiger partial charge >= 0.3 is 6.03 Å². The van der Waals surface area contributed by atoms with Crippen LogP contribution in [-0.4, -0.2) is 12.6 Å². The van der Waals surface area contributed by atoms with E-state index in [-0.39, 0.29) is 6.03 Å². The summed E-state index contributed by atoms with van der Waals surface area (Å²) in [6.45, 7) is 4.47. The fraction of sp³-hybridized carbons (Fsp3) is 0.188. The number of nitrogens with zero attached hydrogens (tertiary/aromatic N) is 1. The van der Waals surface area contributed by atoms with Gasteiger partial charge in [-0.25, -0.2) is 4.79 Å². The molecule has 104 valence electrons. The van der Waals surface area contributed by atoms with E-state index in [4.69, 9.17) is 5.73 Å². The summed E-state index contributed by atoms with van der Waals surface area (Å²) in [4.78, 5) is 14.0. The topological polar surface area (TPSA) is 58.4 Å². The van der Waals surface area contributed by atoms with Crippen molar-refractivity contribution in [2.75, 3.05) is 22.5 Å². The van der Waals surface area contributed by atoms with Crippen LogP contribution in [0, 0.1) is 6.92 Å². The van der Waals surface area contributed by atoms with Crippen molar-refractivity contribution in [2.24, 2.45) is 0 Å². The van der Waals surface area contributed by atoms with Gasteiger partial charge in [0.05, 0.1) is 11.4 Å². The summed E-state index contributed by atoms with van der Waals surface area (Å²) in [6, 6.07) is 14.9. The van der Waals surface area contributed by atoms with Crippen molar-refractivity contribution in [3.63, 3.8) is 0 Å². The van der Waals surface area contributed by atoms with Gasteiger partial charge in [-0.15, -0.1) is 0 Å². The highest BCUT2D eigenvalue weighted by molar-refractivity contribution is 6.03. The van der Waals surface area contributed by atoms with E-state index in [1.807, 2.05) is 56.3 Å². The van der Waals surface area contributed by atoms with E-state index < -0.39 is 0 Å². The zero-order valence-corrected chi connectivity index (χ0v) is 11.8. The zero-order chi connectivity index (χ0) is 14.5. The Bertz CT molecular complexity index is 593. The van der Waals surface area contributed by atoms with Gasteiger partial charge in [0, 0.05) is 12.2 Å². The minimum Gasteiger partial charge on any atom is -0.397 e. The lowest BCUT2D eigenvalue weighted by atomic mass is 10.2. The Labute approximate surface area is 119 Å². The third kappa shape index (κ3) is 3.09. The summed E-state index contributed by atoms with van der Waals surface area (Å²) >= 11 is 0. The molecule has 0 fully saturated rings. The number of urea groups is 1. The van der Waals surface area contributed by atoms with Crippen LogP contribution < -0.4 is 16.0 Å². The van der Waals surface area contributed by atoms with Crippen molar-refractivity contribution in [3.05, 3.63) is 54.1 Å². The SMILES string of the molecule is CCN(C(=O)Nc1ccc(C)cc1)c1ccccc1N. The maximum atomic E-state index is 12.3. The normalized spacial score (nSPS) is 10.1. The monoisotopic (exact) mass is 269 g/mol. The number of hydrogen-bond donors (Lipinski definition) is 2. The van der Waals surface area contributed by atoms with Crippen molar-refractivity contribution in [1.82, 2.24) is 0 Å². The molecule has 0 aliphatic heterocycles. The smallest absolute Gasteiger partial charge is 0.326 e. The second-order valence-electron chi connectivity index (χ2n) is 4.60. The summed E-state index contributed by atoms with van der Waals surface area (Å²) in [7, 11) is 0. The van der Waals surface area contributed by atoms with Gasteiger partial charge in [-0.05, 0) is 38.1 Å². The highest BCUT2D eigenvalue weighted by Gasteiger charge is 2.15.